The standard InChI is InChI=1S/C18H21NO2S/c1-14-7-6-8-15(2)18(14)21-11-12-22-13-17(20)19-16-9-4-3-5-10-16/h3-10H,11-13H2,1-2H3,(H,19,20). The van der Waals surface area contributed by atoms with E-state index in [1.807, 2.05) is 62.4 Å². The molecule has 0 spiro atoms. The van der Waals surface area contributed by atoms with Crippen LogP contribution in [0.2, 0.25) is 0 Å². The molecular formula is C18H21NO2S. The number of hydrogen-bond acceptors (Lipinski definition) is 3. The number of para-hydroxylation sites is 2. The number of ether oxygens (including phenoxy) is 1. The number of carbonyl (C=O) groups is 1. The Morgan fingerprint density at radius 1 is 1.05 bits per heavy atom. The molecule has 0 fully saturated rings. The molecule has 1 amide bonds. The first kappa shape index (κ1) is 16.4. The summed E-state index contributed by atoms with van der Waals surface area (Å²) >= 11 is 1.57. The summed E-state index contributed by atoms with van der Waals surface area (Å²) in [6.07, 6.45) is 0. The Labute approximate surface area is 136 Å². The summed E-state index contributed by atoms with van der Waals surface area (Å²) < 4.78 is 5.82. The molecule has 3 nitrogen and oxygen atoms in total. The van der Waals surface area contributed by atoms with Crippen LogP contribution in [-0.2, 0) is 4.79 Å². The topological polar surface area (TPSA) is 38.3 Å². The van der Waals surface area contributed by atoms with Crippen molar-refractivity contribution in [2.24, 2.45) is 0 Å². The summed E-state index contributed by atoms with van der Waals surface area (Å²) in [5.41, 5.74) is 3.12. The largest absolute Gasteiger partial charge is 0.492 e. The summed E-state index contributed by atoms with van der Waals surface area (Å²) in [4.78, 5) is 11.8. The maximum Gasteiger partial charge on any atom is 0.234 e. The van der Waals surface area contributed by atoms with Crippen molar-refractivity contribution in [3.8, 4) is 5.75 Å². The Kier molecular flexibility index (Phi) is 6.34. The second-order valence-electron chi connectivity index (χ2n) is 5.04. The number of aryl methyl sites for hydroxylation is 2. The van der Waals surface area contributed by atoms with E-state index in [0.29, 0.717) is 12.4 Å². The van der Waals surface area contributed by atoms with Crippen molar-refractivity contribution in [1.29, 1.82) is 0 Å². The molecule has 0 radical (unpaired) electrons. The zero-order chi connectivity index (χ0) is 15.8. The number of hydrogen-bond donors (Lipinski definition) is 1. The van der Waals surface area contributed by atoms with Gasteiger partial charge in [-0.3, -0.25) is 4.79 Å². The van der Waals surface area contributed by atoms with Gasteiger partial charge in [-0.1, -0.05) is 36.4 Å². The highest BCUT2D eigenvalue weighted by Crippen LogP contribution is 2.22. The third-order valence-electron chi connectivity index (χ3n) is 3.17. The van der Waals surface area contributed by atoms with Crippen LogP contribution in [0.5, 0.6) is 5.75 Å². The molecule has 0 aliphatic heterocycles. The third-order valence-corrected chi connectivity index (χ3v) is 4.10. The fourth-order valence-corrected chi connectivity index (χ4v) is 2.72. The molecule has 0 atom stereocenters. The van der Waals surface area contributed by atoms with Gasteiger partial charge in [-0.25, -0.2) is 0 Å². The zero-order valence-corrected chi connectivity index (χ0v) is 13.8. The Balaban J connectivity index is 1.66. The van der Waals surface area contributed by atoms with E-state index in [4.69, 9.17) is 4.74 Å². The first-order chi connectivity index (χ1) is 10.7. The maximum absolute atomic E-state index is 11.8. The van der Waals surface area contributed by atoms with Gasteiger partial charge in [0.15, 0.2) is 0 Å². The number of thioether (sulfide) groups is 1. The number of anilines is 1. The Hall–Kier alpha value is -1.94. The summed E-state index contributed by atoms with van der Waals surface area (Å²) in [5.74, 6) is 2.20. The lowest BCUT2D eigenvalue weighted by Gasteiger charge is -2.11. The van der Waals surface area contributed by atoms with Gasteiger partial charge in [-0.15, -0.1) is 11.8 Å². The molecule has 0 unspecified atom stereocenters. The first-order valence-corrected chi connectivity index (χ1v) is 8.44. The van der Waals surface area contributed by atoms with Crippen molar-refractivity contribution < 1.29 is 9.53 Å². The number of benzene rings is 2. The van der Waals surface area contributed by atoms with E-state index < -0.39 is 0 Å². The van der Waals surface area contributed by atoms with E-state index >= 15 is 0 Å². The van der Waals surface area contributed by atoms with E-state index in [0.717, 1.165) is 28.3 Å². The van der Waals surface area contributed by atoms with Crippen molar-refractivity contribution in [2.45, 2.75) is 13.8 Å². The van der Waals surface area contributed by atoms with Gasteiger partial charge in [-0.2, -0.15) is 0 Å². The van der Waals surface area contributed by atoms with Crippen LogP contribution in [0.3, 0.4) is 0 Å². The fraction of sp³-hybridized carbons (Fsp3) is 0.278. The van der Waals surface area contributed by atoms with Crippen LogP contribution in [-0.4, -0.2) is 24.0 Å². The average molecular weight is 315 g/mol. The minimum Gasteiger partial charge on any atom is -0.492 e. The van der Waals surface area contributed by atoms with Crippen LogP contribution in [0.25, 0.3) is 0 Å². The summed E-state index contributed by atoms with van der Waals surface area (Å²) in [6.45, 7) is 4.69. The minimum atomic E-state index is 0.0169. The molecule has 4 heteroatoms. The van der Waals surface area contributed by atoms with Gasteiger partial charge in [0.05, 0.1) is 12.4 Å². The molecule has 0 saturated carbocycles. The number of amides is 1. The van der Waals surface area contributed by atoms with Crippen LogP contribution >= 0.6 is 11.8 Å². The van der Waals surface area contributed by atoms with Crippen molar-refractivity contribution in [3.63, 3.8) is 0 Å². The van der Waals surface area contributed by atoms with Crippen LogP contribution in [0.15, 0.2) is 48.5 Å². The zero-order valence-electron chi connectivity index (χ0n) is 13.0. The molecular weight excluding hydrogens is 294 g/mol. The van der Waals surface area contributed by atoms with Crippen molar-refractivity contribution in [2.75, 3.05) is 23.4 Å². The van der Waals surface area contributed by atoms with Crippen LogP contribution in [0.1, 0.15) is 11.1 Å². The molecule has 0 aliphatic carbocycles. The van der Waals surface area contributed by atoms with E-state index in [9.17, 15) is 4.79 Å². The van der Waals surface area contributed by atoms with Crippen LogP contribution in [0, 0.1) is 13.8 Å². The highest BCUT2D eigenvalue weighted by molar-refractivity contribution is 7.99. The SMILES string of the molecule is Cc1cccc(C)c1OCCSCC(=O)Nc1ccccc1. The number of carbonyl (C=O) groups excluding carboxylic acids is 1. The molecule has 1 N–H and O–H groups in total. The van der Waals surface area contributed by atoms with Crippen molar-refractivity contribution in [3.05, 3.63) is 59.7 Å². The molecule has 116 valence electrons. The summed E-state index contributed by atoms with van der Waals surface area (Å²) in [5, 5.41) is 2.87. The Morgan fingerprint density at radius 3 is 2.41 bits per heavy atom. The lowest BCUT2D eigenvalue weighted by molar-refractivity contribution is -0.113. The average Bonchev–Trinajstić information content (AvgIpc) is 2.50. The molecule has 2 aromatic carbocycles. The predicted octanol–water partition coefficient (Wildman–Crippen LogP) is 4.05. The summed E-state index contributed by atoms with van der Waals surface area (Å²) in [6, 6.07) is 15.6. The Morgan fingerprint density at radius 2 is 1.73 bits per heavy atom. The van der Waals surface area contributed by atoms with Gasteiger partial charge < -0.3 is 10.1 Å². The molecule has 2 aromatic rings. The highest BCUT2D eigenvalue weighted by Gasteiger charge is 2.04. The second kappa shape index (κ2) is 8.49. The number of nitrogens with one attached hydrogen (secondary N) is 1. The van der Waals surface area contributed by atoms with E-state index in [1.165, 1.54) is 0 Å². The monoisotopic (exact) mass is 315 g/mol. The smallest absolute Gasteiger partial charge is 0.234 e. The third kappa shape index (κ3) is 5.11. The highest BCUT2D eigenvalue weighted by atomic mass is 32.2. The molecule has 0 aliphatic rings. The van der Waals surface area contributed by atoms with Crippen LogP contribution in [0.4, 0.5) is 5.69 Å². The van der Waals surface area contributed by atoms with Crippen molar-refractivity contribution >= 4 is 23.4 Å². The van der Waals surface area contributed by atoms with E-state index in [-0.39, 0.29) is 5.91 Å². The molecule has 0 saturated heterocycles. The summed E-state index contributed by atoms with van der Waals surface area (Å²) in [7, 11) is 0. The second-order valence-corrected chi connectivity index (χ2v) is 6.14. The van der Waals surface area contributed by atoms with Gasteiger partial charge in [0.2, 0.25) is 5.91 Å². The maximum atomic E-state index is 11.8. The molecule has 0 aromatic heterocycles. The fourth-order valence-electron chi connectivity index (χ4n) is 2.11. The quantitative estimate of drug-likeness (QED) is 0.783. The lowest BCUT2D eigenvalue weighted by atomic mass is 10.1. The van der Waals surface area contributed by atoms with Gasteiger partial charge in [0, 0.05) is 11.4 Å². The van der Waals surface area contributed by atoms with E-state index in [2.05, 4.69) is 5.32 Å². The van der Waals surface area contributed by atoms with E-state index in [1.54, 1.807) is 11.8 Å². The Bertz CT molecular complexity index is 593. The van der Waals surface area contributed by atoms with Gasteiger partial charge in [-0.05, 0) is 37.1 Å². The number of rotatable bonds is 7. The minimum absolute atomic E-state index is 0.0169. The lowest BCUT2D eigenvalue weighted by Crippen LogP contribution is -2.15. The molecule has 0 bridgehead atoms. The predicted molar refractivity (Wildman–Crippen MR) is 93.8 cm³/mol. The molecule has 0 heterocycles. The van der Waals surface area contributed by atoms with Gasteiger partial charge in [0.1, 0.15) is 5.75 Å². The van der Waals surface area contributed by atoms with Crippen LogP contribution < -0.4 is 10.1 Å². The van der Waals surface area contributed by atoms with Gasteiger partial charge >= 0.3 is 0 Å². The van der Waals surface area contributed by atoms with Gasteiger partial charge in [0.25, 0.3) is 0 Å². The van der Waals surface area contributed by atoms with Crippen molar-refractivity contribution in [1.82, 2.24) is 0 Å². The molecule has 2 rings (SSSR count). The first-order valence-electron chi connectivity index (χ1n) is 7.28. The normalized spacial score (nSPS) is 10.3. The molecule has 22 heavy (non-hydrogen) atoms.